The van der Waals surface area contributed by atoms with Crippen LogP contribution in [0.3, 0.4) is 0 Å². The van der Waals surface area contributed by atoms with Crippen LogP contribution in [0, 0.1) is 0 Å². The van der Waals surface area contributed by atoms with E-state index in [9.17, 15) is 4.79 Å². The zero-order valence-corrected chi connectivity index (χ0v) is 15.8. The molecule has 0 aliphatic carbocycles. The minimum absolute atomic E-state index is 0.162. The molecule has 0 saturated heterocycles. The van der Waals surface area contributed by atoms with Gasteiger partial charge in [-0.3, -0.25) is 4.79 Å². The molecule has 4 rings (SSSR count). The van der Waals surface area contributed by atoms with Crippen molar-refractivity contribution in [1.29, 1.82) is 0 Å². The van der Waals surface area contributed by atoms with E-state index < -0.39 is 0 Å². The summed E-state index contributed by atoms with van der Waals surface area (Å²) in [6, 6.07) is 20.6. The molecule has 0 radical (unpaired) electrons. The summed E-state index contributed by atoms with van der Waals surface area (Å²) in [5.41, 5.74) is 3.17. The average Bonchev–Trinajstić information content (AvgIpc) is 3.13. The summed E-state index contributed by atoms with van der Waals surface area (Å²) in [4.78, 5) is 16.8. The van der Waals surface area contributed by atoms with Gasteiger partial charge in [0.25, 0.3) is 5.91 Å². The van der Waals surface area contributed by atoms with Crippen LogP contribution in [-0.4, -0.2) is 15.3 Å². The van der Waals surface area contributed by atoms with E-state index >= 15 is 0 Å². The summed E-state index contributed by atoms with van der Waals surface area (Å²) in [5.74, 6) is 0.558. The van der Waals surface area contributed by atoms with Gasteiger partial charge < -0.3 is 14.5 Å². The van der Waals surface area contributed by atoms with Crippen molar-refractivity contribution in [3.05, 3.63) is 101 Å². The van der Waals surface area contributed by atoms with Crippen molar-refractivity contribution in [3.8, 4) is 5.75 Å². The average molecular weight is 392 g/mol. The monoisotopic (exact) mass is 391 g/mol. The Hall–Kier alpha value is -3.31. The first-order chi connectivity index (χ1) is 13.7. The largest absolute Gasteiger partial charge is 0.489 e. The van der Waals surface area contributed by atoms with Crippen molar-refractivity contribution < 1.29 is 9.53 Å². The molecule has 0 aliphatic heterocycles. The van der Waals surface area contributed by atoms with E-state index in [0.717, 1.165) is 22.7 Å². The molecule has 5 nitrogen and oxygen atoms in total. The number of hydrogen-bond acceptors (Lipinski definition) is 3. The Labute approximate surface area is 167 Å². The number of imidazole rings is 1. The molecule has 1 amide bonds. The quantitative estimate of drug-likeness (QED) is 0.526. The number of nitrogens with one attached hydrogen (secondary N) is 1. The first kappa shape index (κ1) is 18.1. The number of hydrogen-bond donors (Lipinski definition) is 1. The van der Waals surface area contributed by atoms with Gasteiger partial charge in [-0.05, 0) is 42.0 Å². The minimum Gasteiger partial charge on any atom is -0.489 e. The summed E-state index contributed by atoms with van der Waals surface area (Å²) in [6.45, 7) is 0.828. The Morgan fingerprint density at radius 1 is 1.07 bits per heavy atom. The summed E-state index contributed by atoms with van der Waals surface area (Å²) < 4.78 is 7.61. The molecule has 0 fully saturated rings. The van der Waals surface area contributed by atoms with Gasteiger partial charge in [0.2, 0.25) is 0 Å². The third-order valence-electron chi connectivity index (χ3n) is 4.27. The SMILES string of the molecule is O=C(NCc1cn2ccc(Cl)cc2n1)c1ccc(OCc2ccccc2)cc1. The van der Waals surface area contributed by atoms with E-state index in [-0.39, 0.29) is 5.91 Å². The zero-order valence-electron chi connectivity index (χ0n) is 15.0. The van der Waals surface area contributed by atoms with Crippen molar-refractivity contribution in [2.75, 3.05) is 0 Å². The third-order valence-corrected chi connectivity index (χ3v) is 4.50. The number of carbonyl (C=O) groups excluding carboxylic acids is 1. The number of rotatable bonds is 6. The Kier molecular flexibility index (Phi) is 5.26. The Bertz CT molecular complexity index is 1090. The van der Waals surface area contributed by atoms with Gasteiger partial charge in [-0.2, -0.15) is 0 Å². The number of amides is 1. The second kappa shape index (κ2) is 8.15. The molecule has 1 N–H and O–H groups in total. The van der Waals surface area contributed by atoms with E-state index in [2.05, 4.69) is 10.3 Å². The van der Waals surface area contributed by atoms with Crippen LogP contribution in [0.25, 0.3) is 5.65 Å². The molecule has 28 heavy (non-hydrogen) atoms. The highest BCUT2D eigenvalue weighted by Crippen LogP contribution is 2.15. The second-order valence-electron chi connectivity index (χ2n) is 6.32. The molecule has 0 atom stereocenters. The van der Waals surface area contributed by atoms with Crippen LogP contribution in [0.4, 0.5) is 0 Å². The standard InChI is InChI=1S/C22H18ClN3O2/c23-18-10-11-26-14-19(25-21(26)12-18)13-24-22(27)17-6-8-20(9-7-17)28-15-16-4-2-1-3-5-16/h1-12,14H,13,15H2,(H,24,27). The van der Waals surface area contributed by atoms with E-state index in [1.165, 1.54) is 0 Å². The van der Waals surface area contributed by atoms with Gasteiger partial charge in [-0.1, -0.05) is 41.9 Å². The van der Waals surface area contributed by atoms with Crippen LogP contribution < -0.4 is 10.1 Å². The van der Waals surface area contributed by atoms with Gasteiger partial charge in [0.15, 0.2) is 0 Å². The highest BCUT2D eigenvalue weighted by atomic mass is 35.5. The fraction of sp³-hybridized carbons (Fsp3) is 0.0909. The molecular weight excluding hydrogens is 374 g/mol. The third kappa shape index (κ3) is 4.32. The minimum atomic E-state index is -0.162. The molecule has 140 valence electrons. The van der Waals surface area contributed by atoms with Crippen LogP contribution >= 0.6 is 11.6 Å². The highest BCUT2D eigenvalue weighted by molar-refractivity contribution is 6.30. The molecule has 0 bridgehead atoms. The molecule has 2 aromatic carbocycles. The maximum absolute atomic E-state index is 12.4. The van der Waals surface area contributed by atoms with Crippen molar-refractivity contribution in [3.63, 3.8) is 0 Å². The zero-order chi connectivity index (χ0) is 19.3. The van der Waals surface area contributed by atoms with Crippen molar-refractivity contribution >= 4 is 23.2 Å². The van der Waals surface area contributed by atoms with Crippen molar-refractivity contribution in [1.82, 2.24) is 14.7 Å². The number of benzene rings is 2. The normalized spacial score (nSPS) is 10.8. The van der Waals surface area contributed by atoms with Crippen molar-refractivity contribution in [2.24, 2.45) is 0 Å². The predicted octanol–water partition coefficient (Wildman–Crippen LogP) is 4.50. The molecule has 0 unspecified atom stereocenters. The Morgan fingerprint density at radius 2 is 1.86 bits per heavy atom. The smallest absolute Gasteiger partial charge is 0.251 e. The van der Waals surface area contributed by atoms with Crippen LogP contribution in [0.5, 0.6) is 5.75 Å². The number of carbonyl (C=O) groups is 1. The van der Waals surface area contributed by atoms with Crippen LogP contribution in [0.15, 0.2) is 79.1 Å². The molecule has 2 heterocycles. The van der Waals surface area contributed by atoms with Crippen LogP contribution in [0.1, 0.15) is 21.6 Å². The van der Waals surface area contributed by atoms with E-state index in [4.69, 9.17) is 16.3 Å². The summed E-state index contributed by atoms with van der Waals surface area (Å²) in [7, 11) is 0. The Morgan fingerprint density at radius 3 is 2.64 bits per heavy atom. The number of nitrogens with zero attached hydrogens (tertiary/aromatic N) is 2. The highest BCUT2D eigenvalue weighted by Gasteiger charge is 2.08. The molecule has 0 aliphatic rings. The van der Waals surface area contributed by atoms with E-state index in [0.29, 0.717) is 23.7 Å². The molecule has 0 saturated carbocycles. The first-order valence-corrected chi connectivity index (χ1v) is 9.23. The molecular formula is C22H18ClN3O2. The Balaban J connectivity index is 1.33. The van der Waals surface area contributed by atoms with Crippen LogP contribution in [-0.2, 0) is 13.2 Å². The number of aromatic nitrogens is 2. The maximum atomic E-state index is 12.4. The second-order valence-corrected chi connectivity index (χ2v) is 6.76. The van der Waals surface area contributed by atoms with E-state index in [1.807, 2.05) is 47.1 Å². The fourth-order valence-electron chi connectivity index (χ4n) is 2.81. The summed E-state index contributed by atoms with van der Waals surface area (Å²) in [5, 5.41) is 3.51. The maximum Gasteiger partial charge on any atom is 0.251 e. The lowest BCUT2D eigenvalue weighted by atomic mass is 10.2. The molecule has 0 spiro atoms. The fourth-order valence-corrected chi connectivity index (χ4v) is 2.97. The first-order valence-electron chi connectivity index (χ1n) is 8.85. The van der Waals surface area contributed by atoms with Gasteiger partial charge in [-0.15, -0.1) is 0 Å². The van der Waals surface area contributed by atoms with Gasteiger partial charge in [0, 0.05) is 23.0 Å². The van der Waals surface area contributed by atoms with Crippen molar-refractivity contribution in [2.45, 2.75) is 13.2 Å². The lowest BCUT2D eigenvalue weighted by molar-refractivity contribution is 0.0950. The number of ether oxygens (including phenoxy) is 1. The van der Waals surface area contributed by atoms with E-state index in [1.54, 1.807) is 36.4 Å². The van der Waals surface area contributed by atoms with Crippen LogP contribution in [0.2, 0.25) is 5.02 Å². The summed E-state index contributed by atoms with van der Waals surface area (Å²) >= 11 is 5.97. The van der Waals surface area contributed by atoms with Gasteiger partial charge >= 0.3 is 0 Å². The van der Waals surface area contributed by atoms with Gasteiger partial charge in [0.1, 0.15) is 18.0 Å². The summed E-state index contributed by atoms with van der Waals surface area (Å²) in [6.07, 6.45) is 3.70. The number of pyridine rings is 1. The van der Waals surface area contributed by atoms with Gasteiger partial charge in [0.05, 0.1) is 12.2 Å². The molecule has 4 aromatic rings. The number of fused-ring (bicyclic) bond motifs is 1. The molecule has 2 aromatic heterocycles. The topological polar surface area (TPSA) is 55.6 Å². The predicted molar refractivity (Wildman–Crippen MR) is 109 cm³/mol. The number of halogens is 1. The lowest BCUT2D eigenvalue weighted by Gasteiger charge is -2.07. The van der Waals surface area contributed by atoms with Gasteiger partial charge in [-0.25, -0.2) is 4.98 Å². The lowest BCUT2D eigenvalue weighted by Crippen LogP contribution is -2.22. The molecule has 6 heteroatoms.